The van der Waals surface area contributed by atoms with Crippen LogP contribution in [0, 0.1) is 0 Å². The van der Waals surface area contributed by atoms with Crippen LogP contribution in [0.1, 0.15) is 31.4 Å². The molecule has 17 heavy (non-hydrogen) atoms. The summed E-state index contributed by atoms with van der Waals surface area (Å²) in [6.45, 7) is 2.36. The first-order chi connectivity index (χ1) is 8.19. The molecular weight excluding hydrogens is 220 g/mol. The van der Waals surface area contributed by atoms with Crippen molar-refractivity contribution in [3.05, 3.63) is 29.8 Å². The molecule has 0 aliphatic carbocycles. The largest absolute Gasteiger partial charge is 0.497 e. The molecule has 0 fully saturated rings. The minimum absolute atomic E-state index is 0.350. The number of carbonyl (C=O) groups is 1. The predicted octanol–water partition coefficient (Wildman–Crippen LogP) is 2.07. The van der Waals surface area contributed by atoms with Crippen molar-refractivity contribution in [3.63, 3.8) is 0 Å². The zero-order chi connectivity index (χ0) is 12.7. The van der Waals surface area contributed by atoms with E-state index < -0.39 is 12.1 Å². The van der Waals surface area contributed by atoms with Crippen molar-refractivity contribution in [1.29, 1.82) is 0 Å². The minimum Gasteiger partial charge on any atom is -0.497 e. The number of aliphatic hydroxyl groups excluding tert-OH is 1. The molecule has 0 amide bonds. The quantitative estimate of drug-likeness (QED) is 0.609. The van der Waals surface area contributed by atoms with Gasteiger partial charge < -0.3 is 14.6 Å². The van der Waals surface area contributed by atoms with Crippen molar-refractivity contribution in [1.82, 2.24) is 0 Å². The van der Waals surface area contributed by atoms with E-state index in [4.69, 9.17) is 9.47 Å². The second kappa shape index (κ2) is 6.91. The van der Waals surface area contributed by atoms with Gasteiger partial charge in [-0.2, -0.15) is 0 Å². The molecule has 0 saturated carbocycles. The molecule has 1 rings (SSSR count). The van der Waals surface area contributed by atoms with Crippen LogP contribution in [-0.2, 0) is 9.53 Å². The molecule has 1 aromatic rings. The van der Waals surface area contributed by atoms with Crippen molar-refractivity contribution < 1.29 is 19.4 Å². The lowest BCUT2D eigenvalue weighted by molar-refractivity contribution is -0.154. The number of benzene rings is 1. The Morgan fingerprint density at radius 2 is 2.00 bits per heavy atom. The van der Waals surface area contributed by atoms with Gasteiger partial charge in [-0.25, -0.2) is 4.79 Å². The molecule has 0 aliphatic rings. The predicted molar refractivity (Wildman–Crippen MR) is 63.8 cm³/mol. The number of ether oxygens (including phenoxy) is 2. The van der Waals surface area contributed by atoms with Gasteiger partial charge in [-0.3, -0.25) is 0 Å². The smallest absolute Gasteiger partial charge is 0.339 e. The molecule has 1 aromatic carbocycles. The zero-order valence-corrected chi connectivity index (χ0v) is 10.2. The first kappa shape index (κ1) is 13.5. The molecule has 1 N–H and O–H groups in total. The summed E-state index contributed by atoms with van der Waals surface area (Å²) in [5, 5.41) is 9.74. The van der Waals surface area contributed by atoms with Gasteiger partial charge in [0.15, 0.2) is 6.10 Å². The second-order valence-corrected chi connectivity index (χ2v) is 3.70. The fourth-order valence-corrected chi connectivity index (χ4v) is 1.32. The highest BCUT2D eigenvalue weighted by molar-refractivity contribution is 5.76. The van der Waals surface area contributed by atoms with Crippen LogP contribution in [0.5, 0.6) is 5.75 Å². The third kappa shape index (κ3) is 4.07. The Hall–Kier alpha value is -1.55. The van der Waals surface area contributed by atoms with E-state index >= 15 is 0 Å². The summed E-state index contributed by atoms with van der Waals surface area (Å²) in [6.07, 6.45) is 0.533. The summed E-state index contributed by atoms with van der Waals surface area (Å²) in [6, 6.07) is 6.67. The fraction of sp³-hybridized carbons (Fsp3) is 0.462. The lowest BCUT2D eigenvalue weighted by Gasteiger charge is -2.11. The highest BCUT2D eigenvalue weighted by Gasteiger charge is 2.18. The topological polar surface area (TPSA) is 55.8 Å². The maximum Gasteiger partial charge on any atom is 0.339 e. The molecule has 0 saturated heterocycles. The fourth-order valence-electron chi connectivity index (χ4n) is 1.32. The van der Waals surface area contributed by atoms with E-state index in [9.17, 15) is 9.90 Å². The standard InChI is InChI=1S/C13H18O4/c1-3-4-9-17-13(15)12(14)10-5-7-11(16-2)8-6-10/h5-8,12,14H,3-4,9H2,1-2H3. The summed E-state index contributed by atoms with van der Waals surface area (Å²) < 4.78 is 9.93. The summed E-state index contributed by atoms with van der Waals surface area (Å²) in [5.41, 5.74) is 0.507. The van der Waals surface area contributed by atoms with E-state index in [0.29, 0.717) is 17.9 Å². The molecule has 1 atom stereocenters. The number of unbranched alkanes of at least 4 members (excludes halogenated alkanes) is 1. The van der Waals surface area contributed by atoms with Gasteiger partial charge in [-0.15, -0.1) is 0 Å². The van der Waals surface area contributed by atoms with Gasteiger partial charge in [0.05, 0.1) is 13.7 Å². The Morgan fingerprint density at radius 3 is 2.53 bits per heavy atom. The molecule has 0 radical (unpaired) electrons. The van der Waals surface area contributed by atoms with Crippen molar-refractivity contribution >= 4 is 5.97 Å². The number of hydrogen-bond acceptors (Lipinski definition) is 4. The summed E-state index contributed by atoms with van der Waals surface area (Å²) in [4.78, 5) is 11.5. The first-order valence-electron chi connectivity index (χ1n) is 5.67. The van der Waals surface area contributed by atoms with Gasteiger partial charge in [0.25, 0.3) is 0 Å². The van der Waals surface area contributed by atoms with Gasteiger partial charge >= 0.3 is 5.97 Å². The molecule has 0 heterocycles. The lowest BCUT2D eigenvalue weighted by Crippen LogP contribution is -2.16. The number of methoxy groups -OCH3 is 1. The van der Waals surface area contributed by atoms with Crippen LogP contribution in [0.15, 0.2) is 24.3 Å². The van der Waals surface area contributed by atoms with E-state index in [1.807, 2.05) is 6.92 Å². The summed E-state index contributed by atoms with van der Waals surface area (Å²) in [7, 11) is 1.56. The van der Waals surface area contributed by atoms with E-state index in [-0.39, 0.29) is 0 Å². The maximum atomic E-state index is 11.5. The van der Waals surface area contributed by atoms with Crippen molar-refractivity contribution in [3.8, 4) is 5.75 Å². The third-order valence-electron chi connectivity index (χ3n) is 2.40. The van der Waals surface area contributed by atoms with Gasteiger partial charge in [0.1, 0.15) is 5.75 Å². The van der Waals surface area contributed by atoms with E-state index in [1.165, 1.54) is 0 Å². The van der Waals surface area contributed by atoms with E-state index in [2.05, 4.69) is 0 Å². The van der Waals surface area contributed by atoms with Crippen LogP contribution in [-0.4, -0.2) is 24.8 Å². The highest BCUT2D eigenvalue weighted by Crippen LogP contribution is 2.18. The molecule has 0 aliphatic heterocycles. The Labute approximate surface area is 101 Å². The Kier molecular flexibility index (Phi) is 5.49. The van der Waals surface area contributed by atoms with Crippen LogP contribution in [0.3, 0.4) is 0 Å². The number of hydrogen-bond donors (Lipinski definition) is 1. The lowest BCUT2D eigenvalue weighted by atomic mass is 10.1. The van der Waals surface area contributed by atoms with Gasteiger partial charge in [0.2, 0.25) is 0 Å². The molecule has 4 nitrogen and oxygen atoms in total. The molecule has 0 bridgehead atoms. The van der Waals surface area contributed by atoms with Gasteiger partial charge in [-0.1, -0.05) is 25.5 Å². The molecule has 4 heteroatoms. The van der Waals surface area contributed by atoms with Crippen LogP contribution in [0.2, 0.25) is 0 Å². The number of rotatable bonds is 6. The summed E-state index contributed by atoms with van der Waals surface area (Å²) in [5.74, 6) is 0.0731. The van der Waals surface area contributed by atoms with Crippen LogP contribution in [0.4, 0.5) is 0 Å². The molecular formula is C13H18O4. The monoisotopic (exact) mass is 238 g/mol. The molecule has 0 aromatic heterocycles. The van der Waals surface area contributed by atoms with Gasteiger partial charge in [-0.05, 0) is 24.1 Å². The maximum absolute atomic E-state index is 11.5. The Balaban J connectivity index is 2.55. The SMILES string of the molecule is CCCCOC(=O)C(O)c1ccc(OC)cc1. The highest BCUT2D eigenvalue weighted by atomic mass is 16.5. The number of carbonyl (C=O) groups excluding carboxylic acids is 1. The van der Waals surface area contributed by atoms with Crippen LogP contribution >= 0.6 is 0 Å². The normalized spacial score (nSPS) is 11.9. The molecule has 1 unspecified atom stereocenters. The Morgan fingerprint density at radius 1 is 1.35 bits per heavy atom. The van der Waals surface area contributed by atoms with Crippen LogP contribution in [0.25, 0.3) is 0 Å². The van der Waals surface area contributed by atoms with E-state index in [1.54, 1.807) is 31.4 Å². The second-order valence-electron chi connectivity index (χ2n) is 3.70. The van der Waals surface area contributed by atoms with E-state index in [0.717, 1.165) is 12.8 Å². The number of aliphatic hydroxyl groups is 1. The summed E-state index contributed by atoms with van der Waals surface area (Å²) >= 11 is 0. The van der Waals surface area contributed by atoms with Crippen molar-refractivity contribution in [2.75, 3.05) is 13.7 Å². The van der Waals surface area contributed by atoms with Crippen molar-refractivity contribution in [2.24, 2.45) is 0 Å². The zero-order valence-electron chi connectivity index (χ0n) is 10.2. The first-order valence-corrected chi connectivity index (χ1v) is 5.67. The number of esters is 1. The third-order valence-corrected chi connectivity index (χ3v) is 2.40. The minimum atomic E-state index is -1.22. The average molecular weight is 238 g/mol. The molecule has 0 spiro atoms. The average Bonchev–Trinajstić information content (AvgIpc) is 2.38. The Bertz CT molecular complexity index is 345. The van der Waals surface area contributed by atoms with Crippen molar-refractivity contribution in [2.45, 2.75) is 25.9 Å². The molecule has 94 valence electrons. The van der Waals surface area contributed by atoms with Crippen LogP contribution < -0.4 is 4.74 Å². The van der Waals surface area contributed by atoms with Gasteiger partial charge in [0, 0.05) is 0 Å².